The summed E-state index contributed by atoms with van der Waals surface area (Å²) in [7, 11) is 0. The molecule has 18 heavy (non-hydrogen) atoms. The van der Waals surface area contributed by atoms with E-state index in [0.717, 1.165) is 11.1 Å². The maximum Gasteiger partial charge on any atom is 0.316 e. The van der Waals surface area contributed by atoms with Crippen molar-refractivity contribution in [1.82, 2.24) is 0 Å². The van der Waals surface area contributed by atoms with Gasteiger partial charge in [0.2, 0.25) is 0 Å². The smallest absolute Gasteiger partial charge is 0.316 e. The maximum atomic E-state index is 11.7. The predicted octanol–water partition coefficient (Wildman–Crippen LogP) is 2.64. The van der Waals surface area contributed by atoms with Crippen LogP contribution in [0.5, 0.6) is 0 Å². The van der Waals surface area contributed by atoms with Gasteiger partial charge < -0.3 is 4.74 Å². The highest BCUT2D eigenvalue weighted by atomic mass is 16.5. The standard InChI is InChI=1S/C15H18O3/c1-4-12-6-8-13(9-7-12)10-14(11(3)16)15(17)18-5-2/h4,6-9,14H,1,5,10H2,2-3H3. The first-order valence-electron chi connectivity index (χ1n) is 5.97. The summed E-state index contributed by atoms with van der Waals surface area (Å²) in [5, 5.41) is 0. The fourth-order valence-corrected chi connectivity index (χ4v) is 1.66. The Morgan fingerprint density at radius 2 is 1.94 bits per heavy atom. The summed E-state index contributed by atoms with van der Waals surface area (Å²) in [5.74, 6) is -1.32. The predicted molar refractivity (Wildman–Crippen MR) is 71.0 cm³/mol. The molecule has 3 nitrogen and oxygen atoms in total. The van der Waals surface area contributed by atoms with Crippen LogP contribution in [0.25, 0.3) is 6.08 Å². The van der Waals surface area contributed by atoms with Gasteiger partial charge in [0.15, 0.2) is 0 Å². The molecule has 0 aromatic heterocycles. The van der Waals surface area contributed by atoms with E-state index < -0.39 is 11.9 Å². The summed E-state index contributed by atoms with van der Waals surface area (Å²) in [4.78, 5) is 23.1. The number of benzene rings is 1. The quantitative estimate of drug-likeness (QED) is 0.572. The molecule has 0 saturated carbocycles. The van der Waals surface area contributed by atoms with E-state index in [4.69, 9.17) is 4.74 Å². The topological polar surface area (TPSA) is 43.4 Å². The number of carbonyl (C=O) groups excluding carboxylic acids is 2. The van der Waals surface area contributed by atoms with E-state index in [-0.39, 0.29) is 12.4 Å². The highest BCUT2D eigenvalue weighted by Gasteiger charge is 2.24. The van der Waals surface area contributed by atoms with E-state index in [2.05, 4.69) is 6.58 Å². The molecule has 0 aliphatic rings. The molecular weight excluding hydrogens is 228 g/mol. The van der Waals surface area contributed by atoms with Gasteiger partial charge in [0.1, 0.15) is 11.7 Å². The van der Waals surface area contributed by atoms with Crippen LogP contribution >= 0.6 is 0 Å². The van der Waals surface area contributed by atoms with Crippen molar-refractivity contribution in [2.24, 2.45) is 5.92 Å². The zero-order valence-electron chi connectivity index (χ0n) is 10.8. The highest BCUT2D eigenvalue weighted by Crippen LogP contribution is 2.13. The number of carbonyl (C=O) groups is 2. The first-order valence-corrected chi connectivity index (χ1v) is 5.97. The van der Waals surface area contributed by atoms with Crippen LogP contribution in [0, 0.1) is 5.92 Å². The minimum atomic E-state index is -0.709. The average Bonchev–Trinajstić information content (AvgIpc) is 2.36. The Morgan fingerprint density at radius 3 is 2.39 bits per heavy atom. The van der Waals surface area contributed by atoms with E-state index in [0.29, 0.717) is 6.42 Å². The zero-order valence-corrected chi connectivity index (χ0v) is 10.8. The lowest BCUT2D eigenvalue weighted by Crippen LogP contribution is -2.26. The molecule has 0 spiro atoms. The number of ether oxygens (including phenoxy) is 1. The molecule has 0 aliphatic heterocycles. The summed E-state index contributed by atoms with van der Waals surface area (Å²) >= 11 is 0. The molecule has 1 atom stereocenters. The first-order chi connectivity index (χ1) is 8.58. The number of Topliss-reactive ketones (excluding diaryl/α,β-unsaturated/α-hetero) is 1. The lowest BCUT2D eigenvalue weighted by molar-refractivity contribution is -0.151. The normalized spacial score (nSPS) is 11.7. The number of hydrogen-bond acceptors (Lipinski definition) is 3. The molecule has 1 rings (SSSR count). The summed E-state index contributed by atoms with van der Waals surface area (Å²) in [6.07, 6.45) is 2.13. The van der Waals surface area contributed by atoms with Crippen molar-refractivity contribution in [2.45, 2.75) is 20.3 Å². The van der Waals surface area contributed by atoms with Crippen molar-refractivity contribution in [1.29, 1.82) is 0 Å². The molecule has 1 aromatic carbocycles. The van der Waals surface area contributed by atoms with E-state index >= 15 is 0 Å². The van der Waals surface area contributed by atoms with Crippen molar-refractivity contribution >= 4 is 17.8 Å². The third kappa shape index (κ3) is 3.84. The molecule has 0 heterocycles. The third-order valence-electron chi connectivity index (χ3n) is 2.72. The van der Waals surface area contributed by atoms with Gasteiger partial charge in [-0.15, -0.1) is 0 Å². The fraction of sp³-hybridized carbons (Fsp3) is 0.333. The van der Waals surface area contributed by atoms with Crippen LogP contribution in [0.3, 0.4) is 0 Å². The van der Waals surface area contributed by atoms with Crippen LogP contribution in [0.1, 0.15) is 25.0 Å². The van der Waals surface area contributed by atoms with Crippen LogP contribution < -0.4 is 0 Å². The third-order valence-corrected chi connectivity index (χ3v) is 2.72. The molecule has 0 N–H and O–H groups in total. The molecule has 0 aliphatic carbocycles. The number of ketones is 1. The van der Waals surface area contributed by atoms with E-state index in [1.54, 1.807) is 13.0 Å². The summed E-state index contributed by atoms with van der Waals surface area (Å²) in [6.45, 7) is 7.11. The van der Waals surface area contributed by atoms with Gasteiger partial charge in [0.25, 0.3) is 0 Å². The Balaban J connectivity index is 2.79. The van der Waals surface area contributed by atoms with E-state index in [9.17, 15) is 9.59 Å². The van der Waals surface area contributed by atoms with Crippen LogP contribution in [-0.4, -0.2) is 18.4 Å². The van der Waals surface area contributed by atoms with Crippen LogP contribution in [-0.2, 0) is 20.7 Å². The van der Waals surface area contributed by atoms with Gasteiger partial charge in [-0.3, -0.25) is 9.59 Å². The van der Waals surface area contributed by atoms with Crippen LogP contribution in [0.2, 0.25) is 0 Å². The summed E-state index contributed by atoms with van der Waals surface area (Å²) in [5.41, 5.74) is 1.95. The van der Waals surface area contributed by atoms with Gasteiger partial charge in [-0.05, 0) is 31.4 Å². The molecule has 0 bridgehead atoms. The monoisotopic (exact) mass is 246 g/mol. The zero-order chi connectivity index (χ0) is 13.5. The minimum absolute atomic E-state index is 0.166. The van der Waals surface area contributed by atoms with Gasteiger partial charge in [-0.25, -0.2) is 0 Å². The van der Waals surface area contributed by atoms with Crippen LogP contribution in [0.4, 0.5) is 0 Å². The van der Waals surface area contributed by atoms with Gasteiger partial charge >= 0.3 is 5.97 Å². The number of rotatable bonds is 6. The summed E-state index contributed by atoms with van der Waals surface area (Å²) in [6, 6.07) is 7.60. The fourth-order valence-electron chi connectivity index (χ4n) is 1.66. The largest absolute Gasteiger partial charge is 0.465 e. The molecule has 1 unspecified atom stereocenters. The molecule has 0 amide bonds. The van der Waals surface area contributed by atoms with E-state index in [1.807, 2.05) is 24.3 Å². The Labute approximate surface area is 107 Å². The second-order valence-corrected chi connectivity index (χ2v) is 4.07. The van der Waals surface area contributed by atoms with Gasteiger partial charge in [0, 0.05) is 0 Å². The first kappa shape index (κ1) is 14.2. The second kappa shape index (κ2) is 6.74. The Kier molecular flexibility index (Phi) is 5.31. The molecule has 3 heteroatoms. The molecule has 1 aromatic rings. The van der Waals surface area contributed by atoms with Crippen molar-refractivity contribution in [3.05, 3.63) is 42.0 Å². The van der Waals surface area contributed by atoms with Crippen molar-refractivity contribution < 1.29 is 14.3 Å². The Bertz CT molecular complexity index is 432. The minimum Gasteiger partial charge on any atom is -0.465 e. The van der Waals surface area contributed by atoms with E-state index in [1.165, 1.54) is 6.92 Å². The highest BCUT2D eigenvalue weighted by molar-refractivity contribution is 5.98. The SMILES string of the molecule is C=Cc1ccc(CC(C(C)=O)C(=O)OCC)cc1. The van der Waals surface area contributed by atoms with Gasteiger partial charge in [-0.2, -0.15) is 0 Å². The summed E-state index contributed by atoms with van der Waals surface area (Å²) < 4.78 is 4.91. The number of hydrogen-bond donors (Lipinski definition) is 0. The maximum absolute atomic E-state index is 11.7. The molecular formula is C15H18O3. The Morgan fingerprint density at radius 1 is 1.33 bits per heavy atom. The average molecular weight is 246 g/mol. The lowest BCUT2D eigenvalue weighted by atomic mass is 9.95. The van der Waals surface area contributed by atoms with Crippen molar-refractivity contribution in [3.63, 3.8) is 0 Å². The number of esters is 1. The Hall–Kier alpha value is -1.90. The molecule has 0 radical (unpaired) electrons. The van der Waals surface area contributed by atoms with Crippen molar-refractivity contribution in [3.8, 4) is 0 Å². The van der Waals surface area contributed by atoms with Gasteiger partial charge in [-0.1, -0.05) is 36.9 Å². The van der Waals surface area contributed by atoms with Crippen molar-refractivity contribution in [2.75, 3.05) is 6.61 Å². The molecule has 0 saturated heterocycles. The molecule has 0 fully saturated rings. The lowest BCUT2D eigenvalue weighted by Gasteiger charge is -2.12. The molecule has 96 valence electrons. The van der Waals surface area contributed by atoms with Gasteiger partial charge in [0.05, 0.1) is 6.61 Å². The van der Waals surface area contributed by atoms with Crippen LogP contribution in [0.15, 0.2) is 30.8 Å². The second-order valence-electron chi connectivity index (χ2n) is 4.07.